The lowest BCUT2D eigenvalue weighted by atomic mass is 10.3. The molecule has 0 saturated heterocycles. The molecule has 5 heteroatoms. The molecule has 0 fully saturated rings. The van der Waals surface area contributed by atoms with Crippen LogP contribution in [-0.4, -0.2) is 22.2 Å². The summed E-state index contributed by atoms with van der Waals surface area (Å²) in [6, 6.07) is 1.43. The maximum Gasteiger partial charge on any atom is 0.244 e. The molecule has 5 nitrogen and oxygen atoms in total. The van der Waals surface area contributed by atoms with Gasteiger partial charge in [0.2, 0.25) is 5.91 Å². The molecule has 0 aliphatic carbocycles. The summed E-state index contributed by atoms with van der Waals surface area (Å²) in [7, 11) is 0. The lowest BCUT2D eigenvalue weighted by molar-refractivity contribution is -0.124. The summed E-state index contributed by atoms with van der Waals surface area (Å²) in [5.41, 5.74) is 6.42. The van der Waals surface area contributed by atoms with Crippen molar-refractivity contribution < 1.29 is 4.79 Å². The Kier molecular flexibility index (Phi) is 3.11. The number of aryl methyl sites for hydroxylation is 1. The Morgan fingerprint density at radius 2 is 2.43 bits per heavy atom. The van der Waals surface area contributed by atoms with Crippen LogP contribution in [0.5, 0.6) is 0 Å². The van der Waals surface area contributed by atoms with Gasteiger partial charge in [0.1, 0.15) is 11.9 Å². The summed E-state index contributed by atoms with van der Waals surface area (Å²) in [6.07, 6.45) is 0. The molecule has 3 N–H and O–H groups in total. The maximum absolute atomic E-state index is 11.5. The smallest absolute Gasteiger partial charge is 0.244 e. The fraction of sp³-hybridized carbons (Fsp3) is 0.556. The van der Waals surface area contributed by atoms with Crippen LogP contribution >= 0.6 is 0 Å². The number of nitrogens with one attached hydrogen (secondary N) is 1. The van der Waals surface area contributed by atoms with Gasteiger partial charge in [-0.2, -0.15) is 5.10 Å². The van der Waals surface area contributed by atoms with Gasteiger partial charge in [0.05, 0.1) is 0 Å². The van der Waals surface area contributed by atoms with Crippen molar-refractivity contribution in [2.75, 3.05) is 12.3 Å². The van der Waals surface area contributed by atoms with Gasteiger partial charge in [-0.3, -0.25) is 9.48 Å². The van der Waals surface area contributed by atoms with Crippen molar-refractivity contribution in [1.82, 2.24) is 15.1 Å². The minimum absolute atomic E-state index is 0.0429. The van der Waals surface area contributed by atoms with E-state index in [0.717, 1.165) is 5.69 Å². The van der Waals surface area contributed by atoms with Crippen LogP contribution in [0.25, 0.3) is 0 Å². The van der Waals surface area contributed by atoms with Gasteiger partial charge in [0.25, 0.3) is 0 Å². The number of carbonyl (C=O) groups is 1. The number of hydrogen-bond donors (Lipinski definition) is 2. The van der Waals surface area contributed by atoms with E-state index in [0.29, 0.717) is 12.4 Å². The van der Waals surface area contributed by atoms with Gasteiger partial charge in [-0.25, -0.2) is 0 Å². The minimum atomic E-state index is -0.313. The zero-order chi connectivity index (χ0) is 10.7. The average molecular weight is 196 g/mol. The lowest BCUT2D eigenvalue weighted by Crippen LogP contribution is -2.31. The standard InChI is InChI=1S/C9H16N4O/c1-4-11-9(14)7(3)13-6(2)5-8(10)12-13/h5,7H,4H2,1-3H3,(H2,10,12)(H,11,14). The summed E-state index contributed by atoms with van der Waals surface area (Å²) in [5, 5.41) is 6.79. The SMILES string of the molecule is CCNC(=O)C(C)n1nc(N)cc1C. The predicted octanol–water partition coefficient (Wildman–Crippen LogP) is 0.471. The van der Waals surface area contributed by atoms with E-state index in [1.807, 2.05) is 13.8 Å². The van der Waals surface area contributed by atoms with Crippen LogP contribution in [0.2, 0.25) is 0 Å². The molecular weight excluding hydrogens is 180 g/mol. The van der Waals surface area contributed by atoms with Gasteiger partial charge in [-0.05, 0) is 20.8 Å². The molecule has 78 valence electrons. The predicted molar refractivity (Wildman–Crippen MR) is 54.8 cm³/mol. The normalized spacial score (nSPS) is 12.5. The molecule has 1 aromatic rings. The van der Waals surface area contributed by atoms with Crippen LogP contribution in [0.1, 0.15) is 25.6 Å². The van der Waals surface area contributed by atoms with E-state index in [1.54, 1.807) is 17.7 Å². The van der Waals surface area contributed by atoms with Crippen LogP contribution in [0.4, 0.5) is 5.82 Å². The molecule has 0 aliphatic heterocycles. The number of rotatable bonds is 3. The van der Waals surface area contributed by atoms with E-state index in [2.05, 4.69) is 10.4 Å². The molecule has 1 amide bonds. The van der Waals surface area contributed by atoms with E-state index < -0.39 is 0 Å². The van der Waals surface area contributed by atoms with Crippen LogP contribution in [0.15, 0.2) is 6.07 Å². The number of anilines is 1. The third-order valence-corrected chi connectivity index (χ3v) is 2.04. The summed E-state index contributed by atoms with van der Waals surface area (Å²) in [5.74, 6) is 0.400. The van der Waals surface area contributed by atoms with Crippen molar-refractivity contribution in [2.24, 2.45) is 0 Å². The Morgan fingerprint density at radius 3 is 2.86 bits per heavy atom. The first kappa shape index (κ1) is 10.6. The van der Waals surface area contributed by atoms with Crippen LogP contribution in [0, 0.1) is 6.92 Å². The Bertz CT molecular complexity index is 332. The number of hydrogen-bond acceptors (Lipinski definition) is 3. The second kappa shape index (κ2) is 4.13. The number of nitrogens with two attached hydrogens (primary N) is 1. The third kappa shape index (κ3) is 2.04. The number of nitrogens with zero attached hydrogens (tertiary/aromatic N) is 2. The fourth-order valence-electron chi connectivity index (χ4n) is 1.34. The van der Waals surface area contributed by atoms with E-state index in [4.69, 9.17) is 5.73 Å². The quantitative estimate of drug-likeness (QED) is 0.738. The first-order valence-corrected chi connectivity index (χ1v) is 4.65. The molecule has 1 heterocycles. The van der Waals surface area contributed by atoms with Crippen LogP contribution in [0.3, 0.4) is 0 Å². The highest BCUT2D eigenvalue weighted by Gasteiger charge is 2.16. The first-order valence-electron chi connectivity index (χ1n) is 4.65. The second-order valence-corrected chi connectivity index (χ2v) is 3.23. The molecule has 0 bridgehead atoms. The van der Waals surface area contributed by atoms with E-state index in [-0.39, 0.29) is 11.9 Å². The highest BCUT2D eigenvalue weighted by molar-refractivity contribution is 5.79. The molecule has 1 aromatic heterocycles. The maximum atomic E-state index is 11.5. The number of aromatic nitrogens is 2. The Labute approximate surface area is 83.3 Å². The van der Waals surface area contributed by atoms with E-state index in [9.17, 15) is 4.79 Å². The van der Waals surface area contributed by atoms with Crippen molar-refractivity contribution in [3.05, 3.63) is 11.8 Å². The van der Waals surface area contributed by atoms with E-state index in [1.165, 1.54) is 0 Å². The summed E-state index contributed by atoms with van der Waals surface area (Å²) in [4.78, 5) is 11.5. The van der Waals surface area contributed by atoms with Crippen molar-refractivity contribution in [3.63, 3.8) is 0 Å². The van der Waals surface area contributed by atoms with Crippen molar-refractivity contribution in [1.29, 1.82) is 0 Å². The molecule has 14 heavy (non-hydrogen) atoms. The molecule has 0 aliphatic rings. The van der Waals surface area contributed by atoms with Crippen molar-refractivity contribution in [2.45, 2.75) is 26.8 Å². The number of likely N-dealkylation sites (N-methyl/N-ethyl adjacent to an activating group) is 1. The topological polar surface area (TPSA) is 72.9 Å². The molecule has 0 spiro atoms. The fourth-order valence-corrected chi connectivity index (χ4v) is 1.34. The van der Waals surface area contributed by atoms with Gasteiger partial charge in [0.15, 0.2) is 0 Å². The molecule has 0 saturated carbocycles. The highest BCUT2D eigenvalue weighted by Crippen LogP contribution is 2.11. The molecule has 0 radical (unpaired) electrons. The molecule has 1 rings (SSSR count). The summed E-state index contributed by atoms with van der Waals surface area (Å²) in [6.45, 7) is 6.18. The van der Waals surface area contributed by atoms with Gasteiger partial charge < -0.3 is 11.1 Å². The number of amides is 1. The molecule has 0 aromatic carbocycles. The largest absolute Gasteiger partial charge is 0.382 e. The van der Waals surface area contributed by atoms with Gasteiger partial charge in [-0.15, -0.1) is 0 Å². The first-order chi connectivity index (χ1) is 6.56. The Hall–Kier alpha value is -1.52. The zero-order valence-electron chi connectivity index (χ0n) is 8.74. The lowest BCUT2D eigenvalue weighted by Gasteiger charge is -2.13. The summed E-state index contributed by atoms with van der Waals surface area (Å²) < 4.78 is 1.63. The second-order valence-electron chi connectivity index (χ2n) is 3.23. The molecule has 1 atom stereocenters. The van der Waals surface area contributed by atoms with Gasteiger partial charge in [0, 0.05) is 18.3 Å². The number of carbonyl (C=O) groups excluding carboxylic acids is 1. The van der Waals surface area contributed by atoms with Gasteiger partial charge >= 0.3 is 0 Å². The number of nitrogen functional groups attached to an aromatic ring is 1. The van der Waals surface area contributed by atoms with Crippen LogP contribution < -0.4 is 11.1 Å². The zero-order valence-corrected chi connectivity index (χ0v) is 8.74. The molecular formula is C9H16N4O. The third-order valence-electron chi connectivity index (χ3n) is 2.04. The average Bonchev–Trinajstić information content (AvgIpc) is 2.44. The highest BCUT2D eigenvalue weighted by atomic mass is 16.2. The van der Waals surface area contributed by atoms with Crippen LogP contribution in [-0.2, 0) is 4.79 Å². The van der Waals surface area contributed by atoms with E-state index >= 15 is 0 Å². The van der Waals surface area contributed by atoms with Gasteiger partial charge in [-0.1, -0.05) is 0 Å². The van der Waals surface area contributed by atoms with Crippen molar-refractivity contribution >= 4 is 11.7 Å². The Balaban J connectivity index is 2.83. The van der Waals surface area contributed by atoms with Crippen molar-refractivity contribution in [3.8, 4) is 0 Å². The summed E-state index contributed by atoms with van der Waals surface area (Å²) >= 11 is 0. The molecule has 1 unspecified atom stereocenters. The monoisotopic (exact) mass is 196 g/mol. The minimum Gasteiger partial charge on any atom is -0.382 e. The Morgan fingerprint density at radius 1 is 1.79 bits per heavy atom.